The molecule has 0 amide bonds. The van der Waals surface area contributed by atoms with Gasteiger partial charge in [0.05, 0.1) is 24.3 Å². The molecule has 3 unspecified atom stereocenters. The van der Waals surface area contributed by atoms with Crippen molar-refractivity contribution in [2.45, 2.75) is 39.0 Å². The van der Waals surface area contributed by atoms with Crippen LogP contribution >= 0.6 is 0 Å². The van der Waals surface area contributed by atoms with Crippen molar-refractivity contribution in [1.82, 2.24) is 9.80 Å². The van der Waals surface area contributed by atoms with E-state index in [1.54, 1.807) is 0 Å². The fourth-order valence-corrected chi connectivity index (χ4v) is 3.96. The first kappa shape index (κ1) is 16.0. The molecule has 2 saturated heterocycles. The number of rotatable bonds is 4. The van der Waals surface area contributed by atoms with E-state index in [0.29, 0.717) is 13.0 Å². The van der Waals surface area contributed by atoms with Crippen LogP contribution in [0, 0.1) is 16.7 Å². The van der Waals surface area contributed by atoms with Crippen molar-refractivity contribution in [1.29, 1.82) is 5.26 Å². The van der Waals surface area contributed by atoms with Crippen LogP contribution in [0.3, 0.4) is 0 Å². The molecule has 2 fully saturated rings. The molecule has 3 atom stereocenters. The Kier molecular flexibility index (Phi) is 4.38. The first-order valence-corrected chi connectivity index (χ1v) is 8.20. The molecule has 5 nitrogen and oxygen atoms in total. The van der Waals surface area contributed by atoms with Gasteiger partial charge in [0.25, 0.3) is 0 Å². The van der Waals surface area contributed by atoms with Crippen LogP contribution < -0.4 is 0 Å². The van der Waals surface area contributed by atoms with E-state index in [-0.39, 0.29) is 18.2 Å². The van der Waals surface area contributed by atoms with E-state index in [0.717, 1.165) is 19.6 Å². The zero-order chi connectivity index (χ0) is 16.4. The van der Waals surface area contributed by atoms with Gasteiger partial charge in [0.2, 0.25) is 0 Å². The van der Waals surface area contributed by atoms with Gasteiger partial charge in [-0.15, -0.1) is 0 Å². The van der Waals surface area contributed by atoms with Crippen LogP contribution in [0.15, 0.2) is 30.3 Å². The van der Waals surface area contributed by atoms with Crippen LogP contribution in [-0.2, 0) is 16.1 Å². The summed E-state index contributed by atoms with van der Waals surface area (Å²) in [5.41, 5.74) is 0.678. The third-order valence-corrected chi connectivity index (χ3v) is 4.94. The third-order valence-electron chi connectivity index (χ3n) is 4.94. The standard InChI is InChI=1S/C18H23N3O2/c1-3-23-16(22)15-11-18(2,13-19)17-20(9-10-21(15)17)12-14-7-5-4-6-8-14/h4-8,15,17H,3,9-12H2,1-2H3. The highest BCUT2D eigenvalue weighted by molar-refractivity contribution is 5.76. The van der Waals surface area contributed by atoms with E-state index in [9.17, 15) is 10.1 Å². The molecule has 0 saturated carbocycles. The van der Waals surface area contributed by atoms with Gasteiger partial charge < -0.3 is 4.74 Å². The lowest BCUT2D eigenvalue weighted by Gasteiger charge is -2.32. The fourth-order valence-electron chi connectivity index (χ4n) is 3.96. The molecule has 122 valence electrons. The van der Waals surface area contributed by atoms with Gasteiger partial charge in [0.1, 0.15) is 6.04 Å². The highest BCUT2D eigenvalue weighted by Crippen LogP contribution is 2.45. The fraction of sp³-hybridized carbons (Fsp3) is 0.556. The maximum Gasteiger partial charge on any atom is 0.323 e. The van der Waals surface area contributed by atoms with Gasteiger partial charge in [-0.25, -0.2) is 0 Å². The highest BCUT2D eigenvalue weighted by Gasteiger charge is 2.57. The Morgan fingerprint density at radius 2 is 2.13 bits per heavy atom. The Morgan fingerprint density at radius 3 is 2.78 bits per heavy atom. The van der Waals surface area contributed by atoms with Crippen molar-refractivity contribution in [2.75, 3.05) is 19.7 Å². The van der Waals surface area contributed by atoms with Crippen LogP contribution in [0.25, 0.3) is 0 Å². The Bertz CT molecular complexity index is 612. The Morgan fingerprint density at radius 1 is 1.39 bits per heavy atom. The van der Waals surface area contributed by atoms with Crippen LogP contribution in [0.4, 0.5) is 0 Å². The highest BCUT2D eigenvalue weighted by atomic mass is 16.5. The smallest absolute Gasteiger partial charge is 0.323 e. The van der Waals surface area contributed by atoms with Crippen LogP contribution in [0.2, 0.25) is 0 Å². The van der Waals surface area contributed by atoms with Crippen LogP contribution in [0.5, 0.6) is 0 Å². The van der Waals surface area contributed by atoms with Crippen molar-refractivity contribution in [2.24, 2.45) is 5.41 Å². The molecule has 23 heavy (non-hydrogen) atoms. The van der Waals surface area contributed by atoms with Gasteiger partial charge in [-0.3, -0.25) is 14.6 Å². The average molecular weight is 313 g/mol. The van der Waals surface area contributed by atoms with Gasteiger partial charge in [-0.05, 0) is 25.8 Å². The first-order chi connectivity index (χ1) is 11.1. The second-order valence-electron chi connectivity index (χ2n) is 6.57. The van der Waals surface area contributed by atoms with Gasteiger partial charge in [-0.2, -0.15) is 5.26 Å². The lowest BCUT2D eigenvalue weighted by atomic mass is 9.86. The molecule has 2 heterocycles. The predicted molar refractivity (Wildman–Crippen MR) is 86.1 cm³/mol. The SMILES string of the molecule is CCOC(=O)C1CC(C)(C#N)C2N(Cc3ccccc3)CCN12. The summed E-state index contributed by atoms with van der Waals surface area (Å²) >= 11 is 0. The lowest BCUT2D eigenvalue weighted by molar-refractivity contribution is -0.148. The van der Waals surface area contributed by atoms with Crippen molar-refractivity contribution >= 4 is 5.97 Å². The topological polar surface area (TPSA) is 56.6 Å². The number of nitrogens with zero attached hydrogens (tertiary/aromatic N) is 3. The van der Waals surface area contributed by atoms with Gasteiger partial charge >= 0.3 is 5.97 Å². The normalized spacial score (nSPS) is 30.8. The van der Waals surface area contributed by atoms with Crippen LogP contribution in [0.1, 0.15) is 25.8 Å². The molecule has 3 rings (SSSR count). The Balaban J connectivity index is 1.82. The number of esters is 1. The number of nitriles is 1. The minimum atomic E-state index is -0.553. The van der Waals surface area contributed by atoms with Crippen molar-refractivity contribution < 1.29 is 9.53 Å². The molecule has 0 radical (unpaired) electrons. The number of ether oxygens (including phenoxy) is 1. The first-order valence-electron chi connectivity index (χ1n) is 8.20. The van der Waals surface area contributed by atoms with E-state index >= 15 is 0 Å². The summed E-state index contributed by atoms with van der Waals surface area (Å²) in [6.45, 7) is 6.64. The third kappa shape index (κ3) is 2.85. The van der Waals surface area contributed by atoms with E-state index in [1.165, 1.54) is 5.56 Å². The predicted octanol–water partition coefficient (Wildman–Crippen LogP) is 2.00. The van der Waals surface area contributed by atoms with E-state index in [4.69, 9.17) is 4.74 Å². The largest absolute Gasteiger partial charge is 0.465 e. The van der Waals surface area contributed by atoms with Crippen molar-refractivity contribution in [3.05, 3.63) is 35.9 Å². The summed E-state index contributed by atoms with van der Waals surface area (Å²) in [5.74, 6) is -0.196. The quantitative estimate of drug-likeness (QED) is 0.796. The summed E-state index contributed by atoms with van der Waals surface area (Å²) in [4.78, 5) is 16.7. The van der Waals surface area contributed by atoms with Gasteiger partial charge in [-0.1, -0.05) is 30.3 Å². The molecular weight excluding hydrogens is 290 g/mol. The molecule has 2 aliphatic rings. The Hall–Kier alpha value is -1.90. The van der Waals surface area contributed by atoms with Gasteiger partial charge in [0, 0.05) is 19.6 Å². The summed E-state index contributed by atoms with van der Waals surface area (Å²) in [6, 6.07) is 12.4. The number of carbonyl (C=O) groups is 1. The number of fused-ring (bicyclic) bond motifs is 1. The summed E-state index contributed by atoms with van der Waals surface area (Å²) < 4.78 is 5.22. The maximum atomic E-state index is 12.3. The minimum Gasteiger partial charge on any atom is -0.465 e. The second kappa shape index (κ2) is 6.31. The van der Waals surface area contributed by atoms with E-state index in [1.807, 2.05) is 32.0 Å². The number of hydrogen-bond acceptors (Lipinski definition) is 5. The van der Waals surface area contributed by atoms with Gasteiger partial charge in [0.15, 0.2) is 0 Å². The monoisotopic (exact) mass is 313 g/mol. The minimum absolute atomic E-state index is 0.0258. The van der Waals surface area contributed by atoms with Crippen molar-refractivity contribution in [3.63, 3.8) is 0 Å². The molecule has 1 aromatic carbocycles. The molecule has 1 aromatic rings. The molecular formula is C18H23N3O2. The summed E-state index contributed by atoms with van der Waals surface area (Å²) in [5, 5.41) is 9.73. The molecule has 0 N–H and O–H groups in total. The summed E-state index contributed by atoms with van der Waals surface area (Å²) in [7, 11) is 0. The number of hydrogen-bond donors (Lipinski definition) is 0. The molecule has 0 aromatic heterocycles. The van der Waals surface area contributed by atoms with E-state index in [2.05, 4.69) is 28.0 Å². The molecule has 0 aliphatic carbocycles. The average Bonchev–Trinajstić information content (AvgIpc) is 3.10. The molecule has 0 spiro atoms. The van der Waals surface area contributed by atoms with Crippen molar-refractivity contribution in [3.8, 4) is 6.07 Å². The number of carbonyl (C=O) groups excluding carboxylic acids is 1. The zero-order valence-electron chi connectivity index (χ0n) is 13.7. The Labute approximate surface area is 137 Å². The van der Waals surface area contributed by atoms with E-state index < -0.39 is 5.41 Å². The van der Waals surface area contributed by atoms with Crippen LogP contribution in [-0.4, -0.2) is 47.7 Å². The summed E-state index contributed by atoms with van der Waals surface area (Å²) in [6.07, 6.45) is 0.514. The molecule has 0 bridgehead atoms. The molecule has 2 aliphatic heterocycles. The second-order valence-corrected chi connectivity index (χ2v) is 6.57. The zero-order valence-corrected chi connectivity index (χ0v) is 13.7. The maximum absolute atomic E-state index is 12.3. The number of benzene rings is 1. The lowest BCUT2D eigenvalue weighted by Crippen LogP contribution is -2.45. The molecule has 5 heteroatoms.